The molecule has 0 radical (unpaired) electrons. The Labute approximate surface area is 155 Å². The number of nitrogens with zero attached hydrogens (tertiary/aromatic N) is 1. The van der Waals surface area contributed by atoms with Gasteiger partial charge in [-0.1, -0.05) is 50.3 Å². The summed E-state index contributed by atoms with van der Waals surface area (Å²) in [6, 6.07) is 0.288. The lowest BCUT2D eigenvalue weighted by atomic mass is 9.84. The lowest BCUT2D eigenvalue weighted by molar-refractivity contribution is -0.137. The van der Waals surface area contributed by atoms with E-state index in [-0.39, 0.29) is 23.8 Å². The topological polar surface area (TPSA) is 77.8 Å². The lowest BCUT2D eigenvalue weighted by Gasteiger charge is -2.29. The highest BCUT2D eigenvalue weighted by Gasteiger charge is 2.32. The normalized spacial score (nSPS) is 23.2. The van der Waals surface area contributed by atoms with Gasteiger partial charge in [0.15, 0.2) is 0 Å². The van der Waals surface area contributed by atoms with Crippen molar-refractivity contribution in [3.05, 3.63) is 0 Å². The summed E-state index contributed by atoms with van der Waals surface area (Å²) in [6.45, 7) is 0.674. The van der Waals surface area contributed by atoms with Crippen LogP contribution in [-0.4, -0.2) is 50.8 Å². The van der Waals surface area contributed by atoms with Crippen LogP contribution in [-0.2, 0) is 4.79 Å². The molecule has 0 aromatic carbocycles. The average Bonchev–Trinajstić information content (AvgIpc) is 2.96. The Kier molecular flexibility index (Phi) is 9.10. The van der Waals surface area contributed by atoms with Gasteiger partial charge in [0.25, 0.3) is 5.24 Å². The number of carbonyl (C=O) groups is 2. The van der Waals surface area contributed by atoms with Crippen molar-refractivity contribution in [1.29, 1.82) is 0 Å². The van der Waals surface area contributed by atoms with Gasteiger partial charge in [0.2, 0.25) is 0 Å². The van der Waals surface area contributed by atoms with Crippen LogP contribution in [0.2, 0.25) is 0 Å². The number of aliphatic hydroxyl groups is 1. The summed E-state index contributed by atoms with van der Waals surface area (Å²) in [5.74, 6) is 0.556. The first kappa shape index (κ1) is 20.6. The molecule has 2 fully saturated rings. The zero-order valence-electron chi connectivity index (χ0n) is 15.2. The maximum atomic E-state index is 12.1. The summed E-state index contributed by atoms with van der Waals surface area (Å²) < 4.78 is 0. The Bertz CT molecular complexity index is 426. The van der Waals surface area contributed by atoms with Crippen molar-refractivity contribution in [3.8, 4) is 0 Å². The van der Waals surface area contributed by atoms with E-state index in [0.29, 0.717) is 18.9 Å². The van der Waals surface area contributed by atoms with Gasteiger partial charge in [-0.3, -0.25) is 9.59 Å². The highest BCUT2D eigenvalue weighted by molar-refractivity contribution is 8.13. The number of thioether (sulfide) groups is 1. The molecule has 0 spiro atoms. The maximum Gasteiger partial charge on any atom is 0.303 e. The summed E-state index contributed by atoms with van der Waals surface area (Å²) in [7, 11) is 0. The van der Waals surface area contributed by atoms with E-state index < -0.39 is 5.97 Å². The number of aliphatic carboxylic acids is 1. The number of aliphatic hydroxyl groups excluding tert-OH is 1. The highest BCUT2D eigenvalue weighted by atomic mass is 32.2. The Morgan fingerprint density at radius 3 is 2.60 bits per heavy atom. The summed E-state index contributed by atoms with van der Waals surface area (Å²) in [5.41, 5.74) is 0. The molecule has 2 unspecified atom stereocenters. The molecule has 2 aliphatic rings. The number of hydrogen-bond donors (Lipinski definition) is 2. The molecular weight excluding hydrogens is 338 g/mol. The predicted octanol–water partition coefficient (Wildman–Crippen LogP) is 4.28. The predicted molar refractivity (Wildman–Crippen MR) is 101 cm³/mol. The van der Waals surface area contributed by atoms with Crippen molar-refractivity contribution in [3.63, 3.8) is 0 Å². The fraction of sp³-hybridized carbons (Fsp3) is 0.895. The van der Waals surface area contributed by atoms with Gasteiger partial charge in [-0.05, 0) is 38.0 Å². The third-order valence-electron chi connectivity index (χ3n) is 5.61. The molecule has 0 aromatic heterocycles. The number of carboxylic acids is 1. The van der Waals surface area contributed by atoms with E-state index in [1.54, 1.807) is 0 Å². The number of amides is 1. The van der Waals surface area contributed by atoms with Crippen molar-refractivity contribution in [2.24, 2.45) is 5.92 Å². The minimum absolute atomic E-state index is 0.159. The zero-order chi connectivity index (χ0) is 18.1. The van der Waals surface area contributed by atoms with Crippen molar-refractivity contribution in [1.82, 2.24) is 4.90 Å². The number of rotatable bonds is 11. The van der Waals surface area contributed by atoms with E-state index in [0.717, 1.165) is 50.7 Å². The number of carbonyl (C=O) groups excluding carboxylic acids is 1. The van der Waals surface area contributed by atoms with Crippen molar-refractivity contribution in [2.75, 3.05) is 12.3 Å². The number of unbranched alkanes of at least 4 members (excludes halogenated alkanes) is 3. The van der Waals surface area contributed by atoms with Gasteiger partial charge >= 0.3 is 5.97 Å². The van der Waals surface area contributed by atoms with Crippen LogP contribution in [0, 0.1) is 5.92 Å². The van der Waals surface area contributed by atoms with E-state index in [1.165, 1.54) is 31.0 Å². The highest BCUT2D eigenvalue weighted by Crippen LogP contribution is 2.30. The van der Waals surface area contributed by atoms with Gasteiger partial charge in [0.1, 0.15) is 0 Å². The van der Waals surface area contributed by atoms with Crippen molar-refractivity contribution >= 4 is 23.0 Å². The molecule has 1 saturated heterocycles. The molecule has 0 aromatic rings. The van der Waals surface area contributed by atoms with Crippen LogP contribution in [0.15, 0.2) is 0 Å². The quantitative estimate of drug-likeness (QED) is 0.530. The monoisotopic (exact) mass is 371 g/mol. The Morgan fingerprint density at radius 1 is 1.16 bits per heavy atom. The molecule has 2 rings (SSSR count). The molecule has 5 nitrogen and oxygen atoms in total. The van der Waals surface area contributed by atoms with Gasteiger partial charge in [-0.2, -0.15) is 0 Å². The second-order valence-corrected chi connectivity index (χ2v) is 8.50. The molecular formula is C19H33NO4S. The minimum atomic E-state index is -0.722. The third-order valence-corrected chi connectivity index (χ3v) is 6.65. The molecule has 6 heteroatoms. The molecule has 1 saturated carbocycles. The summed E-state index contributed by atoms with van der Waals surface area (Å²) in [4.78, 5) is 24.6. The van der Waals surface area contributed by atoms with Gasteiger partial charge in [-0.25, -0.2) is 0 Å². The molecule has 1 aliphatic heterocycles. The van der Waals surface area contributed by atoms with Crippen LogP contribution in [0.4, 0.5) is 4.79 Å². The number of carboxylic acid groups (broad SMARTS) is 1. The summed E-state index contributed by atoms with van der Waals surface area (Å²) in [6.07, 6.45) is 11.4. The van der Waals surface area contributed by atoms with E-state index in [9.17, 15) is 14.7 Å². The maximum absolute atomic E-state index is 12.1. The van der Waals surface area contributed by atoms with Crippen molar-refractivity contribution < 1.29 is 19.8 Å². The third kappa shape index (κ3) is 7.18. The van der Waals surface area contributed by atoms with Crippen LogP contribution in [0.3, 0.4) is 0 Å². The van der Waals surface area contributed by atoms with E-state index >= 15 is 0 Å². The first-order valence-corrected chi connectivity index (χ1v) is 10.9. The van der Waals surface area contributed by atoms with Crippen molar-refractivity contribution in [2.45, 2.75) is 89.2 Å². The first-order chi connectivity index (χ1) is 12.1. The first-order valence-electron chi connectivity index (χ1n) is 9.91. The molecule has 144 valence electrons. The molecule has 2 N–H and O–H groups in total. The van der Waals surface area contributed by atoms with Crippen LogP contribution in [0.25, 0.3) is 0 Å². The second-order valence-electron chi connectivity index (χ2n) is 7.52. The average molecular weight is 372 g/mol. The number of hydrogen-bond acceptors (Lipinski definition) is 4. The molecule has 25 heavy (non-hydrogen) atoms. The van der Waals surface area contributed by atoms with E-state index in [4.69, 9.17) is 5.11 Å². The largest absolute Gasteiger partial charge is 0.481 e. The second kappa shape index (κ2) is 11.1. The van der Waals surface area contributed by atoms with Crippen LogP contribution < -0.4 is 0 Å². The smallest absolute Gasteiger partial charge is 0.303 e. The van der Waals surface area contributed by atoms with Gasteiger partial charge in [0, 0.05) is 24.8 Å². The van der Waals surface area contributed by atoms with Crippen LogP contribution in [0.5, 0.6) is 0 Å². The Hall–Kier alpha value is -0.750. The summed E-state index contributed by atoms with van der Waals surface area (Å²) >= 11 is 1.40. The SMILES string of the molecule is O=C(O)CCCCCCC1CSC(=O)N1CCC(O)C1CCCCC1. The molecule has 0 bridgehead atoms. The fourth-order valence-corrected chi connectivity index (χ4v) is 5.13. The molecule has 2 atom stereocenters. The molecule has 1 heterocycles. The van der Waals surface area contributed by atoms with Crippen LogP contribution in [0.1, 0.15) is 77.0 Å². The zero-order valence-corrected chi connectivity index (χ0v) is 16.0. The van der Waals surface area contributed by atoms with E-state index in [1.807, 2.05) is 4.90 Å². The molecule has 1 aliphatic carbocycles. The Balaban J connectivity index is 1.65. The van der Waals surface area contributed by atoms with Gasteiger partial charge in [-0.15, -0.1) is 0 Å². The standard InChI is InChI=1S/C19H33NO4S/c21-17(15-8-4-3-5-9-15)12-13-20-16(14-25-19(20)24)10-6-1-2-7-11-18(22)23/h15-17,21H,1-14H2,(H,22,23). The van der Waals surface area contributed by atoms with Crippen LogP contribution >= 0.6 is 11.8 Å². The minimum Gasteiger partial charge on any atom is -0.481 e. The lowest BCUT2D eigenvalue weighted by Crippen LogP contribution is -2.37. The Morgan fingerprint density at radius 2 is 1.88 bits per heavy atom. The fourth-order valence-electron chi connectivity index (χ4n) is 4.04. The van der Waals surface area contributed by atoms with Gasteiger partial charge < -0.3 is 15.1 Å². The van der Waals surface area contributed by atoms with Gasteiger partial charge in [0.05, 0.1) is 6.10 Å². The van der Waals surface area contributed by atoms with E-state index in [2.05, 4.69) is 0 Å². The summed E-state index contributed by atoms with van der Waals surface area (Å²) in [5, 5.41) is 19.2. The molecule has 1 amide bonds.